The highest BCUT2D eigenvalue weighted by molar-refractivity contribution is 8.00. The van der Waals surface area contributed by atoms with Gasteiger partial charge in [-0.05, 0) is 25.6 Å². The van der Waals surface area contributed by atoms with Gasteiger partial charge in [0.1, 0.15) is 22.6 Å². The summed E-state index contributed by atoms with van der Waals surface area (Å²) < 4.78 is 16.6. The molecule has 0 saturated heterocycles. The molecule has 1 aliphatic heterocycles. The number of carbonyl (C=O) groups excluding carboxylic acids is 1. The van der Waals surface area contributed by atoms with E-state index in [-0.39, 0.29) is 11.5 Å². The summed E-state index contributed by atoms with van der Waals surface area (Å²) in [4.78, 5) is 18.5. The first kappa shape index (κ1) is 21.9. The van der Waals surface area contributed by atoms with E-state index in [1.807, 2.05) is 13.1 Å². The Kier molecular flexibility index (Phi) is 6.85. The number of fused-ring (bicyclic) bond motifs is 1. The monoisotopic (exact) mass is 427 g/mol. The summed E-state index contributed by atoms with van der Waals surface area (Å²) >= 11 is 1.30. The Labute approximate surface area is 180 Å². The highest BCUT2D eigenvalue weighted by Gasteiger charge is 2.27. The molecule has 0 radical (unpaired) electrons. The van der Waals surface area contributed by atoms with Gasteiger partial charge in [-0.3, -0.25) is 4.79 Å². The van der Waals surface area contributed by atoms with E-state index < -0.39 is 0 Å². The number of thioether (sulfide) groups is 1. The number of rotatable bonds is 7. The van der Waals surface area contributed by atoms with Crippen molar-refractivity contribution in [2.45, 2.75) is 24.9 Å². The van der Waals surface area contributed by atoms with Crippen molar-refractivity contribution in [1.29, 1.82) is 5.26 Å². The average molecular weight is 428 g/mol. The van der Waals surface area contributed by atoms with Crippen molar-refractivity contribution in [2.75, 3.05) is 40.7 Å². The number of Topliss-reactive ketones (excluding diaryl/α,β-unsaturated/α-hetero) is 1. The zero-order valence-corrected chi connectivity index (χ0v) is 18.7. The molecule has 0 bridgehead atoms. The van der Waals surface area contributed by atoms with Crippen LogP contribution in [-0.4, -0.2) is 56.3 Å². The first-order chi connectivity index (χ1) is 14.4. The average Bonchev–Trinajstić information content (AvgIpc) is 2.75. The van der Waals surface area contributed by atoms with Gasteiger partial charge in [0.2, 0.25) is 0 Å². The second-order valence-corrected chi connectivity index (χ2v) is 8.05. The fourth-order valence-corrected chi connectivity index (χ4v) is 4.38. The zero-order valence-electron chi connectivity index (χ0n) is 17.9. The number of ketones is 1. The lowest BCUT2D eigenvalue weighted by Gasteiger charge is -2.28. The summed E-state index contributed by atoms with van der Waals surface area (Å²) in [5.74, 6) is 1.97. The Morgan fingerprint density at radius 1 is 1.20 bits per heavy atom. The number of pyridine rings is 1. The van der Waals surface area contributed by atoms with Gasteiger partial charge in [-0.15, -0.1) is 0 Å². The van der Waals surface area contributed by atoms with Crippen molar-refractivity contribution in [3.05, 3.63) is 29.0 Å². The smallest absolute Gasteiger partial charge is 0.164 e. The molecule has 3 rings (SSSR count). The molecule has 0 spiro atoms. The third-order valence-corrected chi connectivity index (χ3v) is 6.13. The molecule has 7 nitrogen and oxygen atoms in total. The van der Waals surface area contributed by atoms with Gasteiger partial charge in [0, 0.05) is 42.4 Å². The molecular weight excluding hydrogens is 402 g/mol. The minimum atomic E-state index is 0.0355. The van der Waals surface area contributed by atoms with Gasteiger partial charge in [-0.1, -0.05) is 11.8 Å². The lowest BCUT2D eigenvalue weighted by Crippen LogP contribution is -2.28. The standard InChI is InChI=1S/C22H25N3O4S/c1-13(26)12-30-22-15(10-23)21(16-11-25(2)7-6-17(16)24-22)14-8-19(28-4)20(29-5)9-18(14)27-3/h8-9H,6-7,11-12H2,1-5H3. The number of hydrogen-bond donors (Lipinski definition) is 0. The Bertz CT molecular complexity index is 1020. The van der Waals surface area contributed by atoms with Crippen LogP contribution in [0.25, 0.3) is 11.1 Å². The van der Waals surface area contributed by atoms with E-state index in [9.17, 15) is 10.1 Å². The number of hydrogen-bond acceptors (Lipinski definition) is 8. The molecule has 8 heteroatoms. The Morgan fingerprint density at radius 2 is 1.87 bits per heavy atom. The number of carbonyl (C=O) groups is 1. The summed E-state index contributed by atoms with van der Waals surface area (Å²) in [7, 11) is 6.77. The molecule has 0 N–H and O–H groups in total. The third-order valence-electron chi connectivity index (χ3n) is 5.01. The number of nitriles is 1. The molecule has 0 amide bonds. The number of aromatic nitrogens is 1. The van der Waals surface area contributed by atoms with Crippen LogP contribution in [0.2, 0.25) is 0 Å². The van der Waals surface area contributed by atoms with Gasteiger partial charge >= 0.3 is 0 Å². The second-order valence-electron chi connectivity index (χ2n) is 7.09. The maximum Gasteiger partial charge on any atom is 0.164 e. The van der Waals surface area contributed by atoms with Crippen molar-refractivity contribution in [1.82, 2.24) is 9.88 Å². The van der Waals surface area contributed by atoms with Crippen LogP contribution in [0.4, 0.5) is 0 Å². The Hall–Kier alpha value is -2.76. The molecule has 0 fully saturated rings. The summed E-state index contributed by atoms with van der Waals surface area (Å²) in [6.45, 7) is 3.08. The van der Waals surface area contributed by atoms with Crippen molar-refractivity contribution in [3.63, 3.8) is 0 Å². The van der Waals surface area contributed by atoms with Crippen molar-refractivity contribution >= 4 is 17.5 Å². The zero-order chi connectivity index (χ0) is 21.8. The molecule has 2 aromatic rings. The van der Waals surface area contributed by atoms with Crippen LogP contribution in [0.15, 0.2) is 17.2 Å². The molecule has 0 atom stereocenters. The minimum Gasteiger partial charge on any atom is -0.496 e. The number of likely N-dealkylation sites (N-methyl/N-ethyl adjacent to an activating group) is 1. The van der Waals surface area contributed by atoms with Crippen LogP contribution in [0, 0.1) is 11.3 Å². The van der Waals surface area contributed by atoms with Crippen LogP contribution in [-0.2, 0) is 17.8 Å². The Morgan fingerprint density at radius 3 is 2.47 bits per heavy atom. The van der Waals surface area contributed by atoms with Gasteiger partial charge in [0.05, 0.1) is 32.6 Å². The van der Waals surface area contributed by atoms with Gasteiger partial charge in [-0.25, -0.2) is 4.98 Å². The maximum absolute atomic E-state index is 11.6. The molecule has 1 aliphatic rings. The summed E-state index contributed by atoms with van der Waals surface area (Å²) in [6.07, 6.45) is 0.772. The molecule has 158 valence electrons. The van der Waals surface area contributed by atoms with E-state index in [2.05, 4.69) is 11.0 Å². The number of benzene rings is 1. The predicted octanol–water partition coefficient (Wildman–Crippen LogP) is 3.32. The normalized spacial score (nSPS) is 13.3. The van der Waals surface area contributed by atoms with Crippen molar-refractivity contribution in [3.8, 4) is 34.4 Å². The number of nitrogens with zero attached hydrogens (tertiary/aromatic N) is 3. The van der Waals surface area contributed by atoms with Gasteiger partial charge < -0.3 is 19.1 Å². The highest BCUT2D eigenvalue weighted by Crippen LogP contribution is 2.45. The first-order valence-corrected chi connectivity index (χ1v) is 10.5. The molecule has 30 heavy (non-hydrogen) atoms. The lowest BCUT2D eigenvalue weighted by molar-refractivity contribution is -0.114. The van der Waals surface area contributed by atoms with Crippen LogP contribution in [0.3, 0.4) is 0 Å². The molecular formula is C22H25N3O4S. The molecule has 2 heterocycles. The molecule has 1 aromatic heterocycles. The maximum atomic E-state index is 11.6. The van der Waals surface area contributed by atoms with E-state index in [4.69, 9.17) is 19.2 Å². The van der Waals surface area contributed by atoms with E-state index in [1.54, 1.807) is 27.4 Å². The fraction of sp³-hybridized carbons (Fsp3) is 0.409. The quantitative estimate of drug-likeness (QED) is 0.622. The third kappa shape index (κ3) is 4.23. The van der Waals surface area contributed by atoms with Crippen LogP contribution >= 0.6 is 11.8 Å². The van der Waals surface area contributed by atoms with Gasteiger partial charge in [0.25, 0.3) is 0 Å². The van der Waals surface area contributed by atoms with Crippen LogP contribution in [0.1, 0.15) is 23.7 Å². The molecule has 1 aromatic carbocycles. The first-order valence-electron chi connectivity index (χ1n) is 9.50. The van der Waals surface area contributed by atoms with Crippen LogP contribution in [0.5, 0.6) is 17.2 Å². The van der Waals surface area contributed by atoms with Gasteiger partial charge in [0.15, 0.2) is 11.5 Å². The summed E-state index contributed by atoms with van der Waals surface area (Å²) in [5.41, 5.74) is 3.91. The van der Waals surface area contributed by atoms with Gasteiger partial charge in [-0.2, -0.15) is 5.26 Å². The molecule has 0 aliphatic carbocycles. The summed E-state index contributed by atoms with van der Waals surface area (Å²) in [6, 6.07) is 5.92. The Balaban J connectivity index is 2.33. The van der Waals surface area contributed by atoms with Crippen LogP contribution < -0.4 is 14.2 Å². The highest BCUT2D eigenvalue weighted by atomic mass is 32.2. The largest absolute Gasteiger partial charge is 0.496 e. The van der Waals surface area contributed by atoms with E-state index in [0.29, 0.717) is 34.4 Å². The van der Waals surface area contributed by atoms with Crippen molar-refractivity contribution in [2.24, 2.45) is 0 Å². The molecule has 0 saturated carbocycles. The predicted molar refractivity (Wildman–Crippen MR) is 115 cm³/mol. The van der Waals surface area contributed by atoms with E-state index in [1.165, 1.54) is 18.7 Å². The second kappa shape index (κ2) is 9.37. The number of ether oxygens (including phenoxy) is 3. The fourth-order valence-electron chi connectivity index (χ4n) is 3.57. The van der Waals surface area contributed by atoms with E-state index >= 15 is 0 Å². The molecule has 0 unspecified atom stereocenters. The summed E-state index contributed by atoms with van der Waals surface area (Å²) in [5, 5.41) is 10.7. The SMILES string of the molecule is COc1cc(OC)c(-c2c(C#N)c(SCC(C)=O)nc3c2CN(C)CC3)cc1OC. The topological polar surface area (TPSA) is 84.7 Å². The van der Waals surface area contributed by atoms with Crippen molar-refractivity contribution < 1.29 is 19.0 Å². The number of methoxy groups -OCH3 is 3. The minimum absolute atomic E-state index is 0.0355. The van der Waals surface area contributed by atoms with E-state index in [0.717, 1.165) is 35.3 Å². The lowest BCUT2D eigenvalue weighted by atomic mass is 9.91.